The van der Waals surface area contributed by atoms with Crippen molar-refractivity contribution in [2.24, 2.45) is 54.1 Å². The van der Waals surface area contributed by atoms with Crippen LogP contribution in [0.4, 0.5) is 0 Å². The van der Waals surface area contributed by atoms with E-state index < -0.39 is 8.07 Å². The van der Waals surface area contributed by atoms with E-state index in [4.69, 9.17) is 0 Å². The highest BCUT2D eigenvalue weighted by Gasteiger charge is 2.69. The van der Waals surface area contributed by atoms with E-state index >= 15 is 0 Å². The molecule has 20 rings (SSSR count). The highest BCUT2D eigenvalue weighted by molar-refractivity contribution is 14.1. The molecule has 558 valence electrons. The van der Waals surface area contributed by atoms with Gasteiger partial charge in [0.05, 0.1) is 0 Å². The summed E-state index contributed by atoms with van der Waals surface area (Å²) in [5, 5.41) is 0. The van der Waals surface area contributed by atoms with Crippen LogP contribution in [0.25, 0.3) is 0 Å². The summed E-state index contributed by atoms with van der Waals surface area (Å²) >= 11 is 2.35. The molecular weight excluding hydrogens is 1520 g/mol. The molecule has 0 saturated heterocycles. The molecule has 0 N–H and O–H groups in total. The molecule has 0 spiro atoms. The minimum absolute atomic E-state index is 0.0231. The second-order valence-electron chi connectivity index (χ2n) is 36.0. The third-order valence-electron chi connectivity index (χ3n) is 30.4. The highest BCUT2D eigenvalue weighted by atomic mass is 127. The van der Waals surface area contributed by atoms with Crippen LogP contribution in [0.5, 0.6) is 0 Å². The Balaban J connectivity index is 0.539. The van der Waals surface area contributed by atoms with Crippen LogP contribution in [0.15, 0.2) is 299 Å². The van der Waals surface area contributed by atoms with Gasteiger partial charge in [0.2, 0.25) is 0 Å². The van der Waals surface area contributed by atoms with Gasteiger partial charge in [0, 0.05) is 164 Å². The zero-order valence-corrected chi connectivity index (χ0v) is 70.5. The van der Waals surface area contributed by atoms with E-state index in [9.17, 15) is 0 Å². The van der Waals surface area contributed by atoms with Gasteiger partial charge in [-0.3, -0.25) is 0 Å². The van der Waals surface area contributed by atoms with E-state index in [0.29, 0.717) is 16.6 Å². The Hall–Kier alpha value is -11.3. The van der Waals surface area contributed by atoms with Crippen molar-refractivity contribution < 1.29 is 0 Å². The van der Waals surface area contributed by atoms with Gasteiger partial charge in [-0.05, 0) is 225 Å². The largest absolute Gasteiger partial charge is 0.146 e. The quantitative estimate of drug-likeness (QED) is 0.0959. The van der Waals surface area contributed by atoms with Gasteiger partial charge in [-0.2, -0.15) is 0 Å². The van der Waals surface area contributed by atoms with Crippen molar-refractivity contribution in [2.45, 2.75) is 154 Å². The maximum atomic E-state index is 4.09. The van der Waals surface area contributed by atoms with Crippen LogP contribution in [0.1, 0.15) is 188 Å². The number of hydrogen-bond donors (Lipinski definition) is 0. The predicted molar refractivity (Wildman–Crippen MR) is 486 cm³/mol. The van der Waals surface area contributed by atoms with Crippen molar-refractivity contribution in [1.82, 2.24) is 0 Å². The normalized spacial score (nSPS) is 30.4. The van der Waals surface area contributed by atoms with Gasteiger partial charge in [-0.1, -0.05) is 308 Å². The second kappa shape index (κ2) is 27.7. The molecule has 0 aromatic heterocycles. The molecule has 2 heteroatoms. The van der Waals surface area contributed by atoms with Gasteiger partial charge < -0.3 is 0 Å². The Labute approximate surface area is 704 Å². The Morgan fingerprint density at radius 1 is 0.207 bits per heavy atom. The molecule has 10 atom stereocenters. The first-order chi connectivity index (χ1) is 56.6. The Kier molecular flexibility index (Phi) is 17.6. The number of halogens is 1. The monoisotopic (exact) mass is 1610 g/mol. The fraction of sp³-hybridized carbons (Fsp3) is 0.298. The van der Waals surface area contributed by atoms with Crippen molar-refractivity contribution in [3.63, 3.8) is 0 Å². The topological polar surface area (TPSA) is 0 Å². The van der Waals surface area contributed by atoms with E-state index in [2.05, 4.69) is 425 Å². The predicted octanol–water partition coefficient (Wildman–Crippen LogP) is 24.4. The molecule has 15 aliphatic carbocycles. The van der Waals surface area contributed by atoms with E-state index in [0.717, 1.165) is 168 Å². The maximum absolute atomic E-state index is 4.09. The second-order valence-corrected chi connectivity index (χ2v) is 42.9. The van der Waals surface area contributed by atoms with E-state index in [-0.39, 0.29) is 54.1 Å². The summed E-state index contributed by atoms with van der Waals surface area (Å²) in [4.78, 5) is 0. The van der Waals surface area contributed by atoms with Gasteiger partial charge in [-0.25, -0.2) is 0 Å². The first-order valence-corrected chi connectivity index (χ1v) is 45.9. The van der Waals surface area contributed by atoms with Gasteiger partial charge in [0.25, 0.3) is 0 Å². The maximum Gasteiger partial charge on any atom is 0.146 e. The van der Waals surface area contributed by atoms with Gasteiger partial charge >= 0.3 is 0 Å². The third kappa shape index (κ3) is 10.5. The fourth-order valence-corrected chi connectivity index (χ4v) is 30.4. The molecule has 15 aliphatic rings. The smallest absolute Gasteiger partial charge is 0.125 e. The Morgan fingerprint density at radius 2 is 0.345 bits per heavy atom. The van der Waals surface area contributed by atoms with Crippen LogP contribution in [0.3, 0.4) is 0 Å². The highest BCUT2D eigenvalue weighted by Crippen LogP contribution is 2.76. The average molecular weight is 1620 g/mol. The van der Waals surface area contributed by atoms with Crippen LogP contribution in [0, 0.1) is 176 Å². The van der Waals surface area contributed by atoms with Crippen molar-refractivity contribution in [1.29, 1.82) is 0 Å². The average Bonchev–Trinajstić information content (AvgIpc) is 1.45. The van der Waals surface area contributed by atoms with Crippen LogP contribution in [-0.4, -0.2) is 8.07 Å². The molecule has 5 aromatic rings. The lowest BCUT2D eigenvalue weighted by molar-refractivity contribution is 0.232. The summed E-state index contributed by atoms with van der Waals surface area (Å²) < 4.78 is 1.21. The summed E-state index contributed by atoms with van der Waals surface area (Å²) in [7, 11) is -1.94. The van der Waals surface area contributed by atoms with E-state index in [1.165, 1.54) is 37.9 Å². The summed E-state index contributed by atoms with van der Waals surface area (Å²) in [5.41, 5.74) is 25.6. The third-order valence-corrected chi connectivity index (χ3v) is 37.4. The molecule has 5 saturated carbocycles. The molecule has 0 nitrogen and oxygen atoms in total. The number of rotatable bonds is 3. The summed E-state index contributed by atoms with van der Waals surface area (Å²) in [6, 6.07) is 42.6. The van der Waals surface area contributed by atoms with Crippen molar-refractivity contribution >= 4 is 30.7 Å². The molecule has 0 radical (unpaired) electrons. The molecular formula is C114H91ISi. The standard InChI is InChI=1S/C114H91ISi/c1-82(2)116(83(3)4,84(5)6)81-60-104-103(113-69-15-16-70-114(104,113)80-21-79-113)59-47-92-36-34-91(35-37-92)45-56-100-99(109-65-11-12-66-110(100,109)76-19-75-109)55-43-88-28-26-87(27-29-88)41-52-96-95(105-61-7-8-62-106(96,105)72-17-71-105)51-40-85-22-24-86(25-23-85)42-53-97-98(108-64-10-9-63-107(97,108)73-18-74-108)54-44-89-30-32-90(33-31-89)46-57-101-102(58-48-93-38-49-94(115)50-39-93)112-68-14-13-67-111(101,112)77-20-78-112/h7-16,22-39,49-50,61-70,82-84H,17-21,71-80H2,1-6H3/t105-,106+,107-,108+,109-,110+,111-,112+,113-,114+/m0/s1. The lowest BCUT2D eigenvalue weighted by atomic mass is 9.47. The molecule has 0 aliphatic heterocycles. The molecule has 0 heterocycles. The first kappa shape index (κ1) is 73.6. The zero-order valence-electron chi connectivity index (χ0n) is 67.3. The lowest BCUT2D eigenvalue weighted by Gasteiger charge is -2.54. The summed E-state index contributed by atoms with van der Waals surface area (Å²) in [5.74, 6) is 69.9. The van der Waals surface area contributed by atoms with Crippen molar-refractivity contribution in [3.05, 3.63) is 352 Å². The van der Waals surface area contributed by atoms with Gasteiger partial charge in [-0.15, -0.1) is 5.54 Å². The number of benzene rings is 5. The van der Waals surface area contributed by atoms with Crippen LogP contribution in [-0.2, 0) is 0 Å². The SMILES string of the molecule is CC(C)[Si](C#CC1=C(C#Cc2ccc(C#CC3=C(C#Cc4ccc(C#CC5=C(C#Cc6ccc(C#CC7=C(C#Cc8ccc(C#CC9=C(C#Cc%10ccc(I)cc%10)[C@]%10%11C=CC=C[C@]9%10CCC%11)cc8)[C@]89C=CC=C[C@]78CCC9)cc6)[C@@]67C=CC=C[C@@]56CCC7)cc4)[C@@]45C=CC=C[C@@]34CCC5)cc2)[C@@]23C=CC=C[C@@]12CCC3)(C(C)C)C(C)C. The van der Waals surface area contributed by atoms with Crippen molar-refractivity contribution in [2.75, 3.05) is 0 Å². The number of hydrogen-bond acceptors (Lipinski definition) is 0. The molecule has 5 aromatic carbocycles. The van der Waals surface area contributed by atoms with Gasteiger partial charge in [0.15, 0.2) is 0 Å². The lowest BCUT2D eigenvalue weighted by Crippen LogP contribution is -2.49. The minimum Gasteiger partial charge on any atom is -0.125 e. The Bertz CT molecular complexity index is 6360. The summed E-state index contributed by atoms with van der Waals surface area (Å²) in [6.07, 6.45) is 63.1. The molecule has 0 amide bonds. The molecule has 0 unspecified atom stereocenters. The van der Waals surface area contributed by atoms with Gasteiger partial charge in [0.1, 0.15) is 8.07 Å². The summed E-state index contributed by atoms with van der Waals surface area (Å²) in [6.45, 7) is 14.5. The zero-order chi connectivity index (χ0) is 78.8. The fourth-order valence-electron chi connectivity index (χ4n) is 24.8. The van der Waals surface area contributed by atoms with Crippen LogP contribution in [0.2, 0.25) is 16.6 Å². The number of allylic oxidation sites excluding steroid dienone is 30. The van der Waals surface area contributed by atoms with E-state index in [1.807, 2.05) is 0 Å². The molecule has 116 heavy (non-hydrogen) atoms. The van der Waals surface area contributed by atoms with E-state index in [1.54, 1.807) is 0 Å². The molecule has 0 bridgehead atoms. The molecule has 5 fully saturated rings. The van der Waals surface area contributed by atoms with Crippen molar-refractivity contribution in [3.8, 4) is 118 Å². The Morgan fingerprint density at radius 3 is 0.491 bits per heavy atom. The van der Waals surface area contributed by atoms with Crippen LogP contribution >= 0.6 is 22.6 Å². The first-order valence-electron chi connectivity index (χ1n) is 42.5. The minimum atomic E-state index is -1.94. The van der Waals surface area contributed by atoms with Crippen LogP contribution < -0.4 is 0 Å².